The zero-order valence-corrected chi connectivity index (χ0v) is 17.7. The molecule has 0 aliphatic rings. The van der Waals surface area contributed by atoms with Crippen molar-refractivity contribution >= 4 is 23.7 Å². The Hall–Kier alpha value is -3.57. The van der Waals surface area contributed by atoms with Gasteiger partial charge in [0, 0.05) is 5.02 Å². The number of ether oxygens (including phenoxy) is 2. The molecule has 0 atom stereocenters. The van der Waals surface area contributed by atoms with Crippen molar-refractivity contribution in [3.63, 3.8) is 0 Å². The number of amides is 1. The van der Waals surface area contributed by atoms with Gasteiger partial charge in [-0.05, 0) is 53.4 Å². The van der Waals surface area contributed by atoms with Gasteiger partial charge in [-0.2, -0.15) is 5.10 Å². The van der Waals surface area contributed by atoms with Crippen molar-refractivity contribution in [3.8, 4) is 11.5 Å². The number of carbonyl (C=O) groups excluding carboxylic acids is 1. The van der Waals surface area contributed by atoms with Crippen molar-refractivity contribution in [1.82, 2.24) is 5.43 Å². The molecule has 0 saturated heterocycles. The first kappa shape index (κ1) is 22.1. The molecule has 3 aromatic rings. The number of allylic oxidation sites excluding steroid dienone is 1. The van der Waals surface area contributed by atoms with E-state index in [0.29, 0.717) is 29.5 Å². The third kappa shape index (κ3) is 7.32. The summed E-state index contributed by atoms with van der Waals surface area (Å²) in [5.41, 5.74) is 5.26. The fourth-order valence-electron chi connectivity index (χ4n) is 2.76. The number of halogens is 1. The van der Waals surface area contributed by atoms with Gasteiger partial charge in [0.2, 0.25) is 0 Å². The van der Waals surface area contributed by atoms with Crippen molar-refractivity contribution < 1.29 is 14.3 Å². The van der Waals surface area contributed by atoms with Gasteiger partial charge in [0.25, 0.3) is 5.91 Å². The number of carbonyl (C=O) groups is 1. The third-order valence-corrected chi connectivity index (χ3v) is 4.53. The zero-order chi connectivity index (χ0) is 21.9. The maximum absolute atomic E-state index is 12.0. The van der Waals surface area contributed by atoms with E-state index in [4.69, 9.17) is 21.1 Å². The van der Waals surface area contributed by atoms with Crippen LogP contribution in [-0.4, -0.2) is 18.7 Å². The molecule has 0 heterocycles. The van der Waals surface area contributed by atoms with E-state index in [1.807, 2.05) is 72.8 Å². The third-order valence-electron chi connectivity index (χ3n) is 4.28. The van der Waals surface area contributed by atoms with Crippen LogP contribution in [-0.2, 0) is 17.8 Å². The van der Waals surface area contributed by atoms with Crippen LogP contribution in [0.1, 0.15) is 16.7 Å². The molecular weight excluding hydrogens is 412 g/mol. The van der Waals surface area contributed by atoms with Crippen LogP contribution in [0.2, 0.25) is 5.02 Å². The molecule has 0 aromatic heterocycles. The zero-order valence-electron chi connectivity index (χ0n) is 17.0. The van der Waals surface area contributed by atoms with Crippen molar-refractivity contribution in [3.05, 3.63) is 107 Å². The minimum Gasteiger partial charge on any atom is -0.489 e. The smallest absolute Gasteiger partial charge is 0.277 e. The largest absolute Gasteiger partial charge is 0.489 e. The summed E-state index contributed by atoms with van der Waals surface area (Å²) in [6.07, 6.45) is 4.02. The van der Waals surface area contributed by atoms with E-state index in [-0.39, 0.29) is 12.5 Å². The molecule has 6 heteroatoms. The molecule has 0 aliphatic carbocycles. The SMILES string of the molecule is C=CCc1ccccc1OCC(=O)NN=Cc1cccc(OCc2ccc(Cl)cc2)c1. The van der Waals surface area contributed by atoms with E-state index in [1.165, 1.54) is 0 Å². The summed E-state index contributed by atoms with van der Waals surface area (Å²) in [6, 6.07) is 22.5. The summed E-state index contributed by atoms with van der Waals surface area (Å²) in [6.45, 7) is 4.03. The number of nitrogens with zero attached hydrogens (tertiary/aromatic N) is 1. The van der Waals surface area contributed by atoms with Gasteiger partial charge in [0.1, 0.15) is 18.1 Å². The standard InChI is InChI=1S/C25H23ClN2O3/c1-2-6-21-8-3-4-10-24(21)31-18-25(29)28-27-16-20-7-5-9-23(15-20)30-17-19-11-13-22(26)14-12-19/h2-5,7-16H,1,6,17-18H2,(H,28,29). The van der Waals surface area contributed by atoms with Crippen LogP contribution >= 0.6 is 11.6 Å². The summed E-state index contributed by atoms with van der Waals surface area (Å²) in [5, 5.41) is 4.68. The second-order valence-corrected chi connectivity index (χ2v) is 7.11. The summed E-state index contributed by atoms with van der Waals surface area (Å²) in [7, 11) is 0. The minimum atomic E-state index is -0.347. The first-order chi connectivity index (χ1) is 15.1. The van der Waals surface area contributed by atoms with E-state index in [2.05, 4.69) is 17.1 Å². The molecule has 0 saturated carbocycles. The normalized spacial score (nSPS) is 10.6. The van der Waals surface area contributed by atoms with Gasteiger partial charge in [-0.15, -0.1) is 6.58 Å². The van der Waals surface area contributed by atoms with Gasteiger partial charge in [-0.3, -0.25) is 4.79 Å². The quantitative estimate of drug-likeness (QED) is 0.272. The predicted octanol–water partition coefficient (Wildman–Crippen LogP) is 5.18. The Morgan fingerprint density at radius 2 is 1.84 bits per heavy atom. The number of benzene rings is 3. The number of hydrogen-bond acceptors (Lipinski definition) is 4. The van der Waals surface area contributed by atoms with E-state index in [0.717, 1.165) is 16.7 Å². The first-order valence-electron chi connectivity index (χ1n) is 9.75. The van der Waals surface area contributed by atoms with Gasteiger partial charge in [0.15, 0.2) is 6.61 Å². The van der Waals surface area contributed by atoms with E-state index in [1.54, 1.807) is 12.3 Å². The van der Waals surface area contributed by atoms with Crippen LogP contribution in [0.15, 0.2) is 90.6 Å². The molecular formula is C25H23ClN2O3. The molecule has 0 spiro atoms. The Kier molecular flexibility index (Phi) is 8.26. The molecule has 5 nitrogen and oxygen atoms in total. The average Bonchev–Trinajstić information content (AvgIpc) is 2.79. The number of hydrazone groups is 1. The van der Waals surface area contributed by atoms with Gasteiger partial charge < -0.3 is 9.47 Å². The highest BCUT2D eigenvalue weighted by molar-refractivity contribution is 6.30. The second-order valence-electron chi connectivity index (χ2n) is 6.67. The molecule has 31 heavy (non-hydrogen) atoms. The van der Waals surface area contributed by atoms with E-state index >= 15 is 0 Å². The Balaban J connectivity index is 1.48. The lowest BCUT2D eigenvalue weighted by Crippen LogP contribution is -2.24. The Morgan fingerprint density at radius 3 is 2.65 bits per heavy atom. The highest BCUT2D eigenvalue weighted by Crippen LogP contribution is 2.18. The minimum absolute atomic E-state index is 0.129. The molecule has 0 bridgehead atoms. The van der Waals surface area contributed by atoms with Gasteiger partial charge in [-0.1, -0.05) is 60.1 Å². The lowest BCUT2D eigenvalue weighted by atomic mass is 10.1. The van der Waals surface area contributed by atoms with Gasteiger partial charge >= 0.3 is 0 Å². The lowest BCUT2D eigenvalue weighted by Gasteiger charge is -2.09. The fraction of sp³-hybridized carbons (Fsp3) is 0.120. The molecule has 0 unspecified atom stereocenters. The summed E-state index contributed by atoms with van der Waals surface area (Å²) in [4.78, 5) is 12.0. The van der Waals surface area contributed by atoms with Crippen molar-refractivity contribution in [2.75, 3.05) is 6.61 Å². The topological polar surface area (TPSA) is 59.9 Å². The molecule has 0 aliphatic heterocycles. The second kappa shape index (κ2) is 11.6. The Bertz CT molecular complexity index is 1050. The van der Waals surface area contributed by atoms with Crippen molar-refractivity contribution in [2.45, 2.75) is 13.0 Å². The maximum Gasteiger partial charge on any atom is 0.277 e. The number of nitrogens with one attached hydrogen (secondary N) is 1. The number of rotatable bonds is 10. The molecule has 1 amide bonds. The number of hydrogen-bond donors (Lipinski definition) is 1. The maximum atomic E-state index is 12.0. The molecule has 1 N–H and O–H groups in total. The highest BCUT2D eigenvalue weighted by Gasteiger charge is 2.05. The van der Waals surface area contributed by atoms with E-state index < -0.39 is 0 Å². The van der Waals surface area contributed by atoms with Crippen LogP contribution in [0, 0.1) is 0 Å². The molecule has 3 rings (SSSR count). The molecule has 0 radical (unpaired) electrons. The lowest BCUT2D eigenvalue weighted by molar-refractivity contribution is -0.123. The highest BCUT2D eigenvalue weighted by atomic mass is 35.5. The summed E-state index contributed by atoms with van der Waals surface area (Å²) in [5.74, 6) is 1.01. The van der Waals surface area contributed by atoms with Crippen LogP contribution in [0.3, 0.4) is 0 Å². The van der Waals surface area contributed by atoms with Crippen LogP contribution in [0.4, 0.5) is 0 Å². The Labute approximate surface area is 187 Å². The fourth-order valence-corrected chi connectivity index (χ4v) is 2.88. The average molecular weight is 435 g/mol. The summed E-state index contributed by atoms with van der Waals surface area (Å²) < 4.78 is 11.4. The number of para-hydroxylation sites is 1. The first-order valence-corrected chi connectivity index (χ1v) is 10.1. The summed E-state index contributed by atoms with van der Waals surface area (Å²) >= 11 is 5.89. The molecule has 3 aromatic carbocycles. The monoisotopic (exact) mass is 434 g/mol. The van der Waals surface area contributed by atoms with Crippen LogP contribution < -0.4 is 14.9 Å². The molecule has 158 valence electrons. The van der Waals surface area contributed by atoms with Gasteiger partial charge in [-0.25, -0.2) is 5.43 Å². The van der Waals surface area contributed by atoms with Crippen molar-refractivity contribution in [2.24, 2.45) is 5.10 Å². The van der Waals surface area contributed by atoms with Gasteiger partial charge in [0.05, 0.1) is 6.21 Å². The molecule has 0 fully saturated rings. The predicted molar refractivity (Wildman–Crippen MR) is 124 cm³/mol. The van der Waals surface area contributed by atoms with Crippen molar-refractivity contribution in [1.29, 1.82) is 0 Å². The van der Waals surface area contributed by atoms with Crippen LogP contribution in [0.5, 0.6) is 11.5 Å². The van der Waals surface area contributed by atoms with Crippen LogP contribution in [0.25, 0.3) is 0 Å². The Morgan fingerprint density at radius 1 is 1.03 bits per heavy atom. The van der Waals surface area contributed by atoms with E-state index in [9.17, 15) is 4.79 Å².